The monoisotopic (exact) mass is 490 g/mol. The molecule has 32 heavy (non-hydrogen) atoms. The second-order valence-corrected chi connectivity index (χ2v) is 9.66. The molecule has 5 nitrogen and oxygen atoms in total. The van der Waals surface area contributed by atoms with Gasteiger partial charge in [0.25, 0.3) is 0 Å². The first-order valence-electron chi connectivity index (χ1n) is 10.7. The lowest BCUT2D eigenvalue weighted by atomic mass is 10.1. The van der Waals surface area contributed by atoms with E-state index in [1.165, 1.54) is 17.1 Å². The first-order chi connectivity index (χ1) is 15.4. The molecule has 0 aliphatic rings. The van der Waals surface area contributed by atoms with Crippen LogP contribution in [-0.4, -0.2) is 34.9 Å². The minimum absolute atomic E-state index is 0.0119. The molecular formula is C24H28Cl2N4OS. The highest BCUT2D eigenvalue weighted by atomic mass is 35.5. The first-order valence-corrected chi connectivity index (χ1v) is 12.3. The average Bonchev–Trinajstić information content (AvgIpc) is 3.21. The van der Waals surface area contributed by atoms with Gasteiger partial charge in [-0.25, -0.2) is 4.98 Å². The predicted octanol–water partition coefficient (Wildman–Crippen LogP) is 5.65. The summed E-state index contributed by atoms with van der Waals surface area (Å²) in [4.78, 5) is 19.3. The molecule has 0 radical (unpaired) electrons. The molecule has 1 heterocycles. The SMILES string of the molecule is CC(C)CN(CCC(=O)NCCc1ccc(Cl)cc1Cl)c1nc(Cc2ccccc2)ns1. The zero-order valence-electron chi connectivity index (χ0n) is 18.4. The maximum Gasteiger partial charge on any atom is 0.221 e. The van der Waals surface area contributed by atoms with Crippen LogP contribution >= 0.6 is 34.7 Å². The van der Waals surface area contributed by atoms with Gasteiger partial charge < -0.3 is 10.2 Å². The molecule has 0 aliphatic carbocycles. The molecular weight excluding hydrogens is 463 g/mol. The first kappa shape index (κ1) is 24.5. The van der Waals surface area contributed by atoms with E-state index in [0.717, 1.165) is 23.1 Å². The summed E-state index contributed by atoms with van der Waals surface area (Å²) in [6.45, 7) is 6.29. The summed E-state index contributed by atoms with van der Waals surface area (Å²) in [6.07, 6.45) is 1.77. The van der Waals surface area contributed by atoms with Crippen molar-refractivity contribution < 1.29 is 4.79 Å². The molecule has 8 heteroatoms. The normalized spacial score (nSPS) is 11.0. The van der Waals surface area contributed by atoms with Crippen molar-refractivity contribution in [1.29, 1.82) is 0 Å². The van der Waals surface area contributed by atoms with Crippen LogP contribution in [0.3, 0.4) is 0 Å². The zero-order chi connectivity index (χ0) is 22.9. The van der Waals surface area contributed by atoms with Gasteiger partial charge in [0.1, 0.15) is 5.82 Å². The minimum Gasteiger partial charge on any atom is -0.356 e. The van der Waals surface area contributed by atoms with E-state index in [9.17, 15) is 4.79 Å². The fourth-order valence-electron chi connectivity index (χ4n) is 3.32. The van der Waals surface area contributed by atoms with Crippen LogP contribution < -0.4 is 10.2 Å². The summed E-state index contributed by atoms with van der Waals surface area (Å²) in [5.74, 6) is 1.28. The number of nitrogens with one attached hydrogen (secondary N) is 1. The number of benzene rings is 2. The van der Waals surface area contributed by atoms with Crippen LogP contribution in [0.4, 0.5) is 5.13 Å². The van der Waals surface area contributed by atoms with Crippen LogP contribution in [0, 0.1) is 5.92 Å². The lowest BCUT2D eigenvalue weighted by Crippen LogP contribution is -2.33. The third-order valence-electron chi connectivity index (χ3n) is 4.86. The fourth-order valence-corrected chi connectivity index (χ4v) is 4.54. The van der Waals surface area contributed by atoms with Gasteiger partial charge in [0.05, 0.1) is 0 Å². The summed E-state index contributed by atoms with van der Waals surface area (Å²) >= 11 is 13.5. The number of nitrogens with zero attached hydrogens (tertiary/aromatic N) is 3. The highest BCUT2D eigenvalue weighted by Crippen LogP contribution is 2.22. The highest BCUT2D eigenvalue weighted by Gasteiger charge is 2.16. The van der Waals surface area contributed by atoms with Gasteiger partial charge in [-0.2, -0.15) is 4.37 Å². The van der Waals surface area contributed by atoms with E-state index >= 15 is 0 Å². The summed E-state index contributed by atoms with van der Waals surface area (Å²) in [5.41, 5.74) is 2.16. The maximum atomic E-state index is 12.4. The summed E-state index contributed by atoms with van der Waals surface area (Å²) in [5, 5.41) is 5.08. The number of anilines is 1. The molecule has 0 saturated heterocycles. The van der Waals surface area contributed by atoms with Gasteiger partial charge in [-0.05, 0) is 35.6 Å². The topological polar surface area (TPSA) is 58.1 Å². The van der Waals surface area contributed by atoms with Crippen LogP contribution in [0.5, 0.6) is 0 Å². The van der Waals surface area contributed by atoms with Gasteiger partial charge in [0, 0.05) is 54.1 Å². The highest BCUT2D eigenvalue weighted by molar-refractivity contribution is 7.09. The lowest BCUT2D eigenvalue weighted by Gasteiger charge is -2.23. The number of halogens is 2. The third-order valence-corrected chi connectivity index (χ3v) is 6.26. The van der Waals surface area contributed by atoms with Crippen molar-refractivity contribution >= 4 is 45.8 Å². The van der Waals surface area contributed by atoms with E-state index < -0.39 is 0 Å². The van der Waals surface area contributed by atoms with Gasteiger partial charge in [-0.1, -0.05) is 73.4 Å². The molecule has 0 unspecified atom stereocenters. The van der Waals surface area contributed by atoms with Crippen molar-refractivity contribution in [2.24, 2.45) is 5.92 Å². The maximum absolute atomic E-state index is 12.4. The van der Waals surface area contributed by atoms with Crippen molar-refractivity contribution in [3.63, 3.8) is 0 Å². The number of carbonyl (C=O) groups is 1. The number of amides is 1. The Hall–Kier alpha value is -2.15. The second-order valence-electron chi connectivity index (χ2n) is 8.08. The largest absolute Gasteiger partial charge is 0.356 e. The van der Waals surface area contributed by atoms with Gasteiger partial charge in [-0.3, -0.25) is 4.79 Å². The summed E-state index contributed by atoms with van der Waals surface area (Å²) < 4.78 is 4.53. The Labute approximate surface area is 203 Å². The molecule has 170 valence electrons. The number of hydrogen-bond donors (Lipinski definition) is 1. The van der Waals surface area contributed by atoms with Gasteiger partial charge >= 0.3 is 0 Å². The molecule has 1 N–H and O–H groups in total. The van der Waals surface area contributed by atoms with Gasteiger partial charge in [0.2, 0.25) is 11.0 Å². The number of aromatic nitrogens is 2. The Balaban J connectivity index is 1.51. The predicted molar refractivity (Wildman–Crippen MR) is 134 cm³/mol. The third kappa shape index (κ3) is 7.76. The quantitative estimate of drug-likeness (QED) is 0.377. The number of rotatable bonds is 11. The molecule has 0 aliphatic heterocycles. The van der Waals surface area contributed by atoms with Crippen LogP contribution in [0.1, 0.15) is 37.2 Å². The summed E-state index contributed by atoms with van der Waals surface area (Å²) in [7, 11) is 0. The van der Waals surface area contributed by atoms with Gasteiger partial charge in [0.15, 0.2) is 0 Å². The van der Waals surface area contributed by atoms with Crippen molar-refractivity contribution in [1.82, 2.24) is 14.7 Å². The van der Waals surface area contributed by atoms with Crippen molar-refractivity contribution in [2.45, 2.75) is 33.1 Å². The molecule has 1 aromatic heterocycles. The van der Waals surface area contributed by atoms with Crippen LogP contribution in [0.15, 0.2) is 48.5 Å². The molecule has 0 saturated carbocycles. The van der Waals surface area contributed by atoms with Crippen LogP contribution in [0.2, 0.25) is 10.0 Å². The van der Waals surface area contributed by atoms with E-state index in [-0.39, 0.29) is 5.91 Å². The van der Waals surface area contributed by atoms with Crippen molar-refractivity contribution in [2.75, 3.05) is 24.5 Å². The van der Waals surface area contributed by atoms with E-state index in [2.05, 4.69) is 40.6 Å². The molecule has 0 atom stereocenters. The number of carbonyl (C=O) groups excluding carboxylic acids is 1. The van der Waals surface area contributed by atoms with Gasteiger partial charge in [-0.15, -0.1) is 0 Å². The Kier molecular flexibility index (Phi) is 9.33. The van der Waals surface area contributed by atoms with Crippen molar-refractivity contribution in [3.05, 3.63) is 75.5 Å². The Morgan fingerprint density at radius 1 is 1.16 bits per heavy atom. The Bertz CT molecular complexity index is 1010. The summed E-state index contributed by atoms with van der Waals surface area (Å²) in [6, 6.07) is 15.6. The molecule has 0 bridgehead atoms. The van der Waals surface area contributed by atoms with Crippen LogP contribution in [-0.2, 0) is 17.6 Å². The Morgan fingerprint density at radius 3 is 2.66 bits per heavy atom. The number of hydrogen-bond acceptors (Lipinski definition) is 5. The molecule has 0 fully saturated rings. The lowest BCUT2D eigenvalue weighted by molar-refractivity contribution is -0.120. The Morgan fingerprint density at radius 2 is 1.94 bits per heavy atom. The fraction of sp³-hybridized carbons (Fsp3) is 0.375. The van der Waals surface area contributed by atoms with Crippen molar-refractivity contribution in [3.8, 4) is 0 Å². The van der Waals surface area contributed by atoms with E-state index in [4.69, 9.17) is 28.2 Å². The van der Waals surface area contributed by atoms with E-state index in [1.807, 2.05) is 30.3 Å². The molecule has 3 rings (SSSR count). The second kappa shape index (κ2) is 12.2. The minimum atomic E-state index is 0.0119. The molecule has 3 aromatic rings. The van der Waals surface area contributed by atoms with E-state index in [1.54, 1.807) is 6.07 Å². The van der Waals surface area contributed by atoms with E-state index in [0.29, 0.717) is 48.3 Å². The van der Waals surface area contributed by atoms with Crippen LogP contribution in [0.25, 0.3) is 0 Å². The molecule has 0 spiro atoms. The standard InChI is InChI=1S/C24H28Cl2N4OS/c1-17(2)16-30(24-28-22(29-32-24)14-18-6-4-3-5-7-18)13-11-23(31)27-12-10-19-8-9-20(25)15-21(19)26/h3-9,15,17H,10-14,16H2,1-2H3,(H,27,31). The molecule has 1 amide bonds. The molecule has 2 aromatic carbocycles. The smallest absolute Gasteiger partial charge is 0.221 e. The zero-order valence-corrected chi connectivity index (χ0v) is 20.7. The average molecular weight is 491 g/mol.